The minimum Gasteiger partial charge on any atom is -0.0622 e. The van der Waals surface area contributed by atoms with E-state index in [4.69, 9.17) is 0 Å². The first-order chi connectivity index (χ1) is 27.1. The number of hydrogen-bond donors (Lipinski definition) is 0. The fourth-order valence-electron chi connectivity index (χ4n) is 9.66. The molecule has 0 fully saturated rings. The van der Waals surface area contributed by atoms with Crippen molar-refractivity contribution in [2.24, 2.45) is 0 Å². The Morgan fingerprint density at radius 1 is 0.273 bits per heavy atom. The van der Waals surface area contributed by atoms with Gasteiger partial charge in [-0.3, -0.25) is 0 Å². The molecule has 0 heterocycles. The molecule has 0 saturated carbocycles. The summed E-state index contributed by atoms with van der Waals surface area (Å²) in [6.07, 6.45) is 0. The quantitative estimate of drug-likeness (QED) is 0.161. The average Bonchev–Trinajstić information content (AvgIpc) is 3.48. The minimum atomic E-state index is -0.0941. The standard InChI is InChI=1S/C55H38/c1-55(2)50-25-13-12-23-47(50)54-48(24-14-26-51(54)55)53-44-22-11-10-21-43(44)52(45-32-31-40(36-16-4-3-5-17-36)41-19-8-9-20-42(41)45)46-30-29-39(34-49(46)53)38-28-27-35-15-6-7-18-37(35)33-38/h3-34H,1-2H3. The molecule has 0 unspecified atom stereocenters. The zero-order valence-electron chi connectivity index (χ0n) is 31.0. The van der Waals surface area contributed by atoms with Gasteiger partial charge in [-0.05, 0) is 122 Å². The lowest BCUT2D eigenvalue weighted by atomic mass is 9.80. The molecule has 10 aromatic carbocycles. The van der Waals surface area contributed by atoms with Gasteiger partial charge in [-0.2, -0.15) is 0 Å². The molecule has 0 aromatic heterocycles. The van der Waals surface area contributed by atoms with Crippen molar-refractivity contribution in [2.45, 2.75) is 19.3 Å². The zero-order chi connectivity index (χ0) is 36.7. The van der Waals surface area contributed by atoms with E-state index >= 15 is 0 Å². The summed E-state index contributed by atoms with van der Waals surface area (Å²) >= 11 is 0. The van der Waals surface area contributed by atoms with E-state index in [2.05, 4.69) is 208 Å². The number of hydrogen-bond acceptors (Lipinski definition) is 0. The van der Waals surface area contributed by atoms with Gasteiger partial charge in [0, 0.05) is 5.41 Å². The van der Waals surface area contributed by atoms with Gasteiger partial charge < -0.3 is 0 Å². The molecule has 0 atom stereocenters. The second-order valence-corrected chi connectivity index (χ2v) is 15.6. The van der Waals surface area contributed by atoms with E-state index in [1.165, 1.54) is 110 Å². The monoisotopic (exact) mass is 698 g/mol. The van der Waals surface area contributed by atoms with E-state index in [-0.39, 0.29) is 5.41 Å². The van der Waals surface area contributed by atoms with Gasteiger partial charge in [0.1, 0.15) is 0 Å². The molecule has 0 aliphatic heterocycles. The van der Waals surface area contributed by atoms with Crippen LogP contribution in [0.3, 0.4) is 0 Å². The first kappa shape index (κ1) is 31.7. The van der Waals surface area contributed by atoms with Crippen molar-refractivity contribution in [3.63, 3.8) is 0 Å². The Labute approximate surface area is 322 Å². The predicted molar refractivity (Wildman–Crippen MR) is 236 cm³/mol. The summed E-state index contributed by atoms with van der Waals surface area (Å²) in [6.45, 7) is 4.76. The Bertz CT molecular complexity index is 3160. The molecule has 10 aromatic rings. The Hall–Kier alpha value is -6.76. The smallest absolute Gasteiger partial charge is 0.0159 e. The van der Waals surface area contributed by atoms with Gasteiger partial charge in [-0.25, -0.2) is 0 Å². The van der Waals surface area contributed by atoms with Crippen LogP contribution in [0, 0.1) is 0 Å². The van der Waals surface area contributed by atoms with Gasteiger partial charge in [-0.1, -0.05) is 196 Å². The second kappa shape index (κ2) is 12.1. The van der Waals surface area contributed by atoms with Crippen LogP contribution in [0.5, 0.6) is 0 Å². The van der Waals surface area contributed by atoms with E-state index in [1.807, 2.05) is 0 Å². The Morgan fingerprint density at radius 2 is 0.818 bits per heavy atom. The highest BCUT2D eigenvalue weighted by Gasteiger charge is 2.37. The molecule has 1 aliphatic carbocycles. The van der Waals surface area contributed by atoms with Crippen LogP contribution in [-0.4, -0.2) is 0 Å². The van der Waals surface area contributed by atoms with E-state index in [1.54, 1.807) is 0 Å². The average molecular weight is 699 g/mol. The molecule has 0 heteroatoms. The molecule has 0 amide bonds. The summed E-state index contributed by atoms with van der Waals surface area (Å²) in [7, 11) is 0. The highest BCUT2D eigenvalue weighted by atomic mass is 14.4. The number of benzene rings is 10. The fraction of sp³-hybridized carbons (Fsp3) is 0.0545. The summed E-state index contributed by atoms with van der Waals surface area (Å²) in [5, 5.41) is 10.1. The van der Waals surface area contributed by atoms with E-state index in [0.717, 1.165) is 0 Å². The van der Waals surface area contributed by atoms with Crippen LogP contribution in [-0.2, 0) is 5.41 Å². The molecule has 1 aliphatic rings. The normalized spacial score (nSPS) is 13.1. The lowest BCUT2D eigenvalue weighted by molar-refractivity contribution is 0.660. The van der Waals surface area contributed by atoms with Crippen LogP contribution in [0.15, 0.2) is 194 Å². The topological polar surface area (TPSA) is 0 Å². The van der Waals surface area contributed by atoms with Gasteiger partial charge in [0.15, 0.2) is 0 Å². The number of fused-ring (bicyclic) bond motifs is 7. The summed E-state index contributed by atoms with van der Waals surface area (Å²) in [5.41, 5.74) is 15.4. The molecule has 0 nitrogen and oxygen atoms in total. The zero-order valence-corrected chi connectivity index (χ0v) is 31.0. The molecule has 0 bridgehead atoms. The van der Waals surface area contributed by atoms with Crippen LogP contribution in [0.4, 0.5) is 0 Å². The third-order valence-corrected chi connectivity index (χ3v) is 12.3. The first-order valence-corrected chi connectivity index (χ1v) is 19.4. The maximum atomic E-state index is 2.47. The summed E-state index contributed by atoms with van der Waals surface area (Å²) in [5.74, 6) is 0. The lowest BCUT2D eigenvalue weighted by Gasteiger charge is -2.23. The molecule has 55 heavy (non-hydrogen) atoms. The SMILES string of the molecule is CC1(C)c2ccccc2-c2c(-c3c4ccccc4c(-c4ccc(-c5ccccc5)c5ccccc45)c4ccc(-c5ccc6ccccc6c5)cc34)cccc21. The van der Waals surface area contributed by atoms with Crippen LogP contribution in [0.1, 0.15) is 25.0 Å². The third kappa shape index (κ3) is 4.78. The van der Waals surface area contributed by atoms with E-state index < -0.39 is 0 Å². The summed E-state index contributed by atoms with van der Waals surface area (Å²) < 4.78 is 0. The molecule has 0 saturated heterocycles. The van der Waals surface area contributed by atoms with Crippen molar-refractivity contribution in [1.29, 1.82) is 0 Å². The van der Waals surface area contributed by atoms with Crippen LogP contribution >= 0.6 is 0 Å². The Kier molecular flexibility index (Phi) is 7.00. The van der Waals surface area contributed by atoms with Crippen LogP contribution < -0.4 is 0 Å². The van der Waals surface area contributed by atoms with Crippen molar-refractivity contribution >= 4 is 43.1 Å². The molecule has 0 spiro atoms. The summed E-state index contributed by atoms with van der Waals surface area (Å²) in [4.78, 5) is 0. The van der Waals surface area contributed by atoms with Gasteiger partial charge >= 0.3 is 0 Å². The summed E-state index contributed by atoms with van der Waals surface area (Å²) in [6, 6.07) is 72.3. The largest absolute Gasteiger partial charge is 0.0622 e. The van der Waals surface area contributed by atoms with Crippen molar-refractivity contribution in [1.82, 2.24) is 0 Å². The molecule has 0 N–H and O–H groups in total. The highest BCUT2D eigenvalue weighted by molar-refractivity contribution is 6.25. The van der Waals surface area contributed by atoms with Gasteiger partial charge in [0.05, 0.1) is 0 Å². The van der Waals surface area contributed by atoms with Crippen molar-refractivity contribution < 1.29 is 0 Å². The molecular formula is C55H38. The van der Waals surface area contributed by atoms with E-state index in [9.17, 15) is 0 Å². The Morgan fingerprint density at radius 3 is 1.62 bits per heavy atom. The second-order valence-electron chi connectivity index (χ2n) is 15.6. The van der Waals surface area contributed by atoms with E-state index in [0.29, 0.717) is 0 Å². The van der Waals surface area contributed by atoms with Crippen LogP contribution in [0.2, 0.25) is 0 Å². The van der Waals surface area contributed by atoms with Crippen LogP contribution in [0.25, 0.3) is 98.7 Å². The molecule has 11 rings (SSSR count). The molecule has 0 radical (unpaired) electrons. The van der Waals surface area contributed by atoms with Crippen molar-refractivity contribution in [3.05, 3.63) is 205 Å². The molecular weight excluding hydrogens is 661 g/mol. The van der Waals surface area contributed by atoms with Crippen molar-refractivity contribution in [2.75, 3.05) is 0 Å². The lowest BCUT2D eigenvalue weighted by Crippen LogP contribution is -2.14. The van der Waals surface area contributed by atoms with Gasteiger partial charge in [-0.15, -0.1) is 0 Å². The highest BCUT2D eigenvalue weighted by Crippen LogP contribution is 2.55. The van der Waals surface area contributed by atoms with Gasteiger partial charge in [0.2, 0.25) is 0 Å². The minimum absolute atomic E-state index is 0.0941. The molecule has 258 valence electrons. The third-order valence-electron chi connectivity index (χ3n) is 12.3. The van der Waals surface area contributed by atoms with Gasteiger partial charge in [0.25, 0.3) is 0 Å². The fourth-order valence-corrected chi connectivity index (χ4v) is 9.66. The first-order valence-electron chi connectivity index (χ1n) is 19.4. The predicted octanol–water partition coefficient (Wildman–Crippen LogP) is 15.3. The number of rotatable bonds is 4. The maximum absolute atomic E-state index is 2.47. The Balaban J connectivity index is 1.27. The van der Waals surface area contributed by atoms with Crippen molar-refractivity contribution in [3.8, 4) is 55.6 Å². The maximum Gasteiger partial charge on any atom is 0.0159 e.